The summed E-state index contributed by atoms with van der Waals surface area (Å²) >= 11 is 0. The summed E-state index contributed by atoms with van der Waals surface area (Å²) in [5, 5.41) is 0. The van der Waals surface area contributed by atoms with Crippen LogP contribution in [-0.2, 0) is 23.1 Å². The second-order valence-electron chi connectivity index (χ2n) is 9.44. The zero-order chi connectivity index (χ0) is 20.0. The van der Waals surface area contributed by atoms with Crippen molar-refractivity contribution in [3.05, 3.63) is 65.2 Å². The summed E-state index contributed by atoms with van der Waals surface area (Å²) in [5.41, 5.74) is 4.28. The lowest BCUT2D eigenvalue weighted by Crippen LogP contribution is -2.63. The minimum Gasteiger partial charge on any atom is -0.497 e. The van der Waals surface area contributed by atoms with Crippen molar-refractivity contribution in [2.75, 3.05) is 13.7 Å². The Morgan fingerprint density at radius 1 is 1.17 bits per heavy atom. The number of nitrogens with zero attached hydrogens (tertiary/aromatic N) is 1. The number of rotatable bonds is 3. The summed E-state index contributed by atoms with van der Waals surface area (Å²) in [7, 11) is 1.76. The van der Waals surface area contributed by atoms with E-state index in [4.69, 9.17) is 4.74 Å². The molecule has 0 spiro atoms. The van der Waals surface area contributed by atoms with Gasteiger partial charge in [0.2, 0.25) is 5.91 Å². The fourth-order valence-corrected chi connectivity index (χ4v) is 6.59. The number of ether oxygens (including phenoxy) is 1. The van der Waals surface area contributed by atoms with Crippen LogP contribution in [0.25, 0.3) is 0 Å². The van der Waals surface area contributed by atoms with Crippen LogP contribution >= 0.6 is 0 Å². The van der Waals surface area contributed by atoms with Gasteiger partial charge in [-0.1, -0.05) is 49.7 Å². The SMILES string of the molecule is COc1ccc2c(c1)C13CCN(C(=O)Cc4ccccc4)C(C2)C1CCC(C)C3. The monoisotopic (exact) mass is 389 g/mol. The highest BCUT2D eigenvalue weighted by atomic mass is 16.5. The summed E-state index contributed by atoms with van der Waals surface area (Å²) < 4.78 is 5.58. The average Bonchev–Trinajstić information content (AvgIpc) is 2.74. The zero-order valence-corrected chi connectivity index (χ0v) is 17.6. The zero-order valence-electron chi connectivity index (χ0n) is 17.6. The average molecular weight is 390 g/mol. The summed E-state index contributed by atoms with van der Waals surface area (Å²) in [6.45, 7) is 3.29. The molecule has 0 N–H and O–H groups in total. The van der Waals surface area contributed by atoms with Crippen LogP contribution < -0.4 is 4.74 Å². The van der Waals surface area contributed by atoms with Gasteiger partial charge in [-0.3, -0.25) is 4.79 Å². The molecule has 1 heterocycles. The van der Waals surface area contributed by atoms with Gasteiger partial charge in [-0.15, -0.1) is 0 Å². The van der Waals surface area contributed by atoms with Crippen molar-refractivity contribution in [3.63, 3.8) is 0 Å². The Balaban J connectivity index is 1.50. The third-order valence-electron chi connectivity index (χ3n) is 7.86. The van der Waals surface area contributed by atoms with Crippen LogP contribution in [0.3, 0.4) is 0 Å². The summed E-state index contributed by atoms with van der Waals surface area (Å²) in [5.74, 6) is 2.59. The number of fused-ring (bicyclic) bond motifs is 1. The maximum atomic E-state index is 13.3. The van der Waals surface area contributed by atoms with E-state index in [9.17, 15) is 4.79 Å². The standard InChI is InChI=1S/C26H31NO2/c1-18-8-11-22-24-15-20-9-10-21(29-2)16-23(20)26(22,17-18)12-13-27(24)25(28)14-19-6-4-3-5-7-19/h3-7,9-10,16,18,22,24H,8,11-15,17H2,1-2H3. The number of carbonyl (C=O) groups excluding carboxylic acids is 1. The quantitative estimate of drug-likeness (QED) is 0.757. The maximum Gasteiger partial charge on any atom is 0.227 e. The lowest BCUT2D eigenvalue weighted by Gasteiger charge is -2.60. The lowest BCUT2D eigenvalue weighted by atomic mass is 9.51. The van der Waals surface area contributed by atoms with Crippen LogP contribution in [0, 0.1) is 11.8 Å². The van der Waals surface area contributed by atoms with E-state index >= 15 is 0 Å². The van der Waals surface area contributed by atoms with Gasteiger partial charge in [0, 0.05) is 18.0 Å². The third kappa shape index (κ3) is 3.06. The number of piperidine rings is 1. The molecule has 1 saturated carbocycles. The Morgan fingerprint density at radius 2 is 2.00 bits per heavy atom. The van der Waals surface area contributed by atoms with Crippen molar-refractivity contribution in [3.8, 4) is 5.75 Å². The van der Waals surface area contributed by atoms with Crippen molar-refractivity contribution in [2.45, 2.75) is 56.9 Å². The Kier molecular flexibility index (Phi) is 4.64. The summed E-state index contributed by atoms with van der Waals surface area (Å²) in [6, 6.07) is 17.2. The molecule has 4 atom stereocenters. The molecule has 3 heteroatoms. The van der Waals surface area contributed by atoms with Crippen LogP contribution in [0.15, 0.2) is 48.5 Å². The molecule has 4 unspecified atom stereocenters. The number of carbonyl (C=O) groups is 1. The largest absolute Gasteiger partial charge is 0.497 e. The van der Waals surface area contributed by atoms with E-state index in [1.807, 2.05) is 18.2 Å². The summed E-state index contributed by atoms with van der Waals surface area (Å²) in [4.78, 5) is 15.6. The Labute approximate surface area is 174 Å². The first-order chi connectivity index (χ1) is 14.1. The first-order valence-corrected chi connectivity index (χ1v) is 11.1. The van der Waals surface area contributed by atoms with E-state index < -0.39 is 0 Å². The molecule has 2 fully saturated rings. The second-order valence-corrected chi connectivity index (χ2v) is 9.44. The molecule has 152 valence electrons. The van der Waals surface area contributed by atoms with Gasteiger partial charge in [-0.25, -0.2) is 0 Å². The smallest absolute Gasteiger partial charge is 0.227 e. The van der Waals surface area contributed by atoms with E-state index in [0.29, 0.717) is 24.3 Å². The van der Waals surface area contributed by atoms with Crippen LogP contribution in [0.1, 0.15) is 49.3 Å². The van der Waals surface area contributed by atoms with E-state index in [0.717, 1.165) is 36.6 Å². The molecule has 2 bridgehead atoms. The maximum absolute atomic E-state index is 13.3. The molecule has 0 aromatic heterocycles. The molecule has 2 aromatic carbocycles. The van der Waals surface area contributed by atoms with Crippen molar-refractivity contribution < 1.29 is 9.53 Å². The third-order valence-corrected chi connectivity index (χ3v) is 7.86. The highest BCUT2D eigenvalue weighted by Gasteiger charge is 2.55. The number of amides is 1. The molecule has 0 radical (unpaired) electrons. The molecule has 3 nitrogen and oxygen atoms in total. The van der Waals surface area contributed by atoms with Crippen LogP contribution in [0.4, 0.5) is 0 Å². The van der Waals surface area contributed by atoms with Crippen LogP contribution in [-0.4, -0.2) is 30.5 Å². The number of methoxy groups -OCH3 is 1. The molecule has 29 heavy (non-hydrogen) atoms. The first-order valence-electron chi connectivity index (χ1n) is 11.1. The minimum atomic E-state index is 0.216. The van der Waals surface area contributed by atoms with Gasteiger partial charge in [-0.2, -0.15) is 0 Å². The van der Waals surface area contributed by atoms with Crippen molar-refractivity contribution >= 4 is 5.91 Å². The normalized spacial score (nSPS) is 30.3. The summed E-state index contributed by atoms with van der Waals surface area (Å²) in [6.07, 6.45) is 6.35. The van der Waals surface area contributed by atoms with E-state index in [-0.39, 0.29) is 5.41 Å². The Morgan fingerprint density at radius 3 is 2.79 bits per heavy atom. The van der Waals surface area contributed by atoms with E-state index in [2.05, 4.69) is 42.2 Å². The molecule has 1 amide bonds. The van der Waals surface area contributed by atoms with Gasteiger partial charge >= 0.3 is 0 Å². The predicted octanol–water partition coefficient (Wildman–Crippen LogP) is 4.77. The van der Waals surface area contributed by atoms with Gasteiger partial charge in [-0.05, 0) is 66.3 Å². The van der Waals surface area contributed by atoms with E-state index in [1.54, 1.807) is 7.11 Å². The predicted molar refractivity (Wildman–Crippen MR) is 115 cm³/mol. The van der Waals surface area contributed by atoms with Gasteiger partial charge < -0.3 is 9.64 Å². The highest BCUT2D eigenvalue weighted by Crippen LogP contribution is 2.57. The topological polar surface area (TPSA) is 29.5 Å². The number of benzene rings is 2. The number of likely N-dealkylation sites (tertiary alicyclic amines) is 1. The molecule has 1 aliphatic heterocycles. The fourth-order valence-electron chi connectivity index (χ4n) is 6.59. The molecule has 2 aliphatic carbocycles. The molecule has 5 rings (SSSR count). The van der Waals surface area contributed by atoms with E-state index in [1.165, 1.54) is 30.4 Å². The van der Waals surface area contributed by atoms with Gasteiger partial charge in [0.25, 0.3) is 0 Å². The Hall–Kier alpha value is -2.29. The number of hydrogen-bond donors (Lipinski definition) is 0. The molecule has 1 saturated heterocycles. The lowest BCUT2D eigenvalue weighted by molar-refractivity contribution is -0.140. The second kappa shape index (κ2) is 7.19. The van der Waals surface area contributed by atoms with Crippen molar-refractivity contribution in [1.82, 2.24) is 4.90 Å². The highest BCUT2D eigenvalue weighted by molar-refractivity contribution is 5.79. The van der Waals surface area contributed by atoms with Crippen LogP contribution in [0.5, 0.6) is 5.75 Å². The van der Waals surface area contributed by atoms with Crippen molar-refractivity contribution in [2.24, 2.45) is 11.8 Å². The first kappa shape index (κ1) is 18.7. The molecular formula is C26H31NO2. The molecular weight excluding hydrogens is 358 g/mol. The van der Waals surface area contributed by atoms with Gasteiger partial charge in [0.15, 0.2) is 0 Å². The number of hydrogen-bond acceptors (Lipinski definition) is 2. The van der Waals surface area contributed by atoms with Gasteiger partial charge in [0.1, 0.15) is 5.75 Å². The molecule has 3 aliphatic rings. The Bertz CT molecular complexity index is 908. The fraction of sp³-hybridized carbons (Fsp3) is 0.500. The van der Waals surface area contributed by atoms with Gasteiger partial charge in [0.05, 0.1) is 13.5 Å². The minimum absolute atomic E-state index is 0.216. The van der Waals surface area contributed by atoms with Crippen LogP contribution in [0.2, 0.25) is 0 Å². The van der Waals surface area contributed by atoms with Crippen molar-refractivity contribution in [1.29, 1.82) is 0 Å². The molecule has 2 aromatic rings.